The van der Waals surface area contributed by atoms with Gasteiger partial charge in [0.1, 0.15) is 0 Å². The third-order valence-corrected chi connectivity index (χ3v) is 5.40. The molecule has 1 fully saturated rings. The average Bonchev–Trinajstić information content (AvgIpc) is 3.10. The van der Waals surface area contributed by atoms with Gasteiger partial charge in [0.05, 0.1) is 17.3 Å². The van der Waals surface area contributed by atoms with E-state index in [-0.39, 0.29) is 30.2 Å². The minimum Gasteiger partial charge on any atom is -0.336 e. The maximum Gasteiger partial charge on any atom is 0.317 e. The summed E-state index contributed by atoms with van der Waals surface area (Å²) in [5.74, 6) is 1.12. The Morgan fingerprint density at radius 2 is 1.73 bits per heavy atom. The molecule has 1 aliphatic heterocycles. The number of aromatic nitrogens is 2. The third-order valence-electron chi connectivity index (χ3n) is 5.40. The number of aromatic amines is 1. The van der Waals surface area contributed by atoms with Gasteiger partial charge in [-0.15, -0.1) is 0 Å². The van der Waals surface area contributed by atoms with Crippen LogP contribution in [0.5, 0.6) is 0 Å². The van der Waals surface area contributed by atoms with Crippen LogP contribution in [0.15, 0.2) is 46.0 Å². The Kier molecular flexibility index (Phi) is 4.36. The Labute approximate surface area is 150 Å². The lowest BCUT2D eigenvalue weighted by Gasteiger charge is -2.17. The number of likely N-dealkylation sites (tertiary alicyclic amines) is 1. The number of urea groups is 1. The summed E-state index contributed by atoms with van der Waals surface area (Å²) in [4.78, 5) is 38.8. The second-order valence-electron chi connectivity index (χ2n) is 7.04. The lowest BCUT2D eigenvalue weighted by Crippen LogP contribution is -2.41. The molecule has 0 bridgehead atoms. The summed E-state index contributed by atoms with van der Waals surface area (Å²) in [5, 5.41) is 6.21. The molecule has 2 heterocycles. The number of hydrogen-bond donors (Lipinski definition) is 2. The van der Waals surface area contributed by atoms with Gasteiger partial charge in [-0.2, -0.15) is 0 Å². The van der Waals surface area contributed by atoms with Crippen molar-refractivity contribution in [3.8, 4) is 0 Å². The number of carbonyl (C=O) groups is 1. The van der Waals surface area contributed by atoms with Gasteiger partial charge in [-0.05, 0) is 36.8 Å². The van der Waals surface area contributed by atoms with E-state index in [1.807, 2.05) is 4.90 Å². The molecule has 0 unspecified atom stereocenters. The summed E-state index contributed by atoms with van der Waals surface area (Å²) >= 11 is 0. The number of H-pyrrole nitrogens is 1. The SMILES string of the molecule is O=C(NCCn1[nH]c(=O)c2ccccc2c1=O)N1C[C@H]2CC=CC[C@H]2C1. The van der Waals surface area contributed by atoms with Crippen LogP contribution in [-0.2, 0) is 6.54 Å². The smallest absolute Gasteiger partial charge is 0.317 e. The molecule has 136 valence electrons. The van der Waals surface area contributed by atoms with Crippen LogP contribution in [0.1, 0.15) is 12.8 Å². The first-order chi connectivity index (χ1) is 12.6. The number of carbonyl (C=O) groups excluding carboxylic acids is 1. The average molecular weight is 354 g/mol. The summed E-state index contributed by atoms with van der Waals surface area (Å²) in [7, 11) is 0. The van der Waals surface area contributed by atoms with E-state index in [2.05, 4.69) is 22.6 Å². The predicted octanol–water partition coefficient (Wildman–Crippen LogP) is 1.30. The highest BCUT2D eigenvalue weighted by Crippen LogP contribution is 2.32. The number of nitrogens with zero attached hydrogens (tertiary/aromatic N) is 2. The van der Waals surface area contributed by atoms with Gasteiger partial charge in [0, 0.05) is 19.6 Å². The maximum absolute atomic E-state index is 12.4. The molecule has 0 saturated carbocycles. The van der Waals surface area contributed by atoms with Gasteiger partial charge in [0.15, 0.2) is 0 Å². The van der Waals surface area contributed by atoms with Crippen molar-refractivity contribution in [2.45, 2.75) is 19.4 Å². The van der Waals surface area contributed by atoms with Crippen LogP contribution in [0.3, 0.4) is 0 Å². The molecular weight excluding hydrogens is 332 g/mol. The van der Waals surface area contributed by atoms with Crippen LogP contribution in [0, 0.1) is 11.8 Å². The number of nitrogens with one attached hydrogen (secondary N) is 2. The van der Waals surface area contributed by atoms with Gasteiger partial charge in [0.25, 0.3) is 11.1 Å². The summed E-state index contributed by atoms with van der Waals surface area (Å²) in [6.07, 6.45) is 6.49. The van der Waals surface area contributed by atoms with E-state index >= 15 is 0 Å². The third kappa shape index (κ3) is 3.05. The van der Waals surface area contributed by atoms with Gasteiger partial charge in [-0.3, -0.25) is 14.7 Å². The zero-order valence-electron chi connectivity index (χ0n) is 14.5. The van der Waals surface area contributed by atoms with Crippen LogP contribution in [-0.4, -0.2) is 40.3 Å². The fraction of sp³-hybridized carbons (Fsp3) is 0.421. The highest BCUT2D eigenvalue weighted by atomic mass is 16.2. The first-order valence-corrected chi connectivity index (χ1v) is 9.03. The first kappa shape index (κ1) is 16.6. The van der Waals surface area contributed by atoms with E-state index < -0.39 is 0 Å². The number of benzene rings is 1. The molecule has 1 saturated heterocycles. The Bertz CT molecular complexity index is 959. The lowest BCUT2D eigenvalue weighted by molar-refractivity contribution is 0.205. The van der Waals surface area contributed by atoms with Crippen molar-refractivity contribution >= 4 is 16.8 Å². The molecule has 2 aromatic rings. The molecule has 2 N–H and O–H groups in total. The normalized spacial score (nSPS) is 21.8. The number of rotatable bonds is 3. The molecule has 26 heavy (non-hydrogen) atoms. The first-order valence-electron chi connectivity index (χ1n) is 9.03. The molecule has 1 aliphatic carbocycles. The summed E-state index contributed by atoms with van der Waals surface area (Å²) < 4.78 is 1.26. The van der Waals surface area contributed by atoms with Gasteiger partial charge in [0.2, 0.25) is 0 Å². The van der Waals surface area contributed by atoms with E-state index in [1.54, 1.807) is 24.3 Å². The Morgan fingerprint density at radius 1 is 1.08 bits per heavy atom. The van der Waals surface area contributed by atoms with E-state index in [9.17, 15) is 14.4 Å². The summed E-state index contributed by atoms with van der Waals surface area (Å²) in [5.41, 5.74) is -0.560. The molecule has 0 spiro atoms. The van der Waals surface area contributed by atoms with Crippen LogP contribution in [0.25, 0.3) is 10.8 Å². The minimum atomic E-state index is -0.303. The van der Waals surface area contributed by atoms with Crippen molar-refractivity contribution < 1.29 is 4.79 Å². The zero-order valence-corrected chi connectivity index (χ0v) is 14.5. The van der Waals surface area contributed by atoms with Crippen LogP contribution in [0.4, 0.5) is 4.79 Å². The quantitative estimate of drug-likeness (QED) is 0.815. The summed E-state index contributed by atoms with van der Waals surface area (Å²) in [6, 6.07) is 6.63. The molecule has 2 atom stereocenters. The van der Waals surface area contributed by atoms with Gasteiger partial charge >= 0.3 is 6.03 Å². The Hall–Kier alpha value is -2.83. The molecule has 1 aromatic heterocycles. The van der Waals surface area contributed by atoms with Crippen molar-refractivity contribution in [1.82, 2.24) is 20.0 Å². The Morgan fingerprint density at radius 3 is 2.42 bits per heavy atom. The van der Waals surface area contributed by atoms with E-state index in [0.29, 0.717) is 22.6 Å². The van der Waals surface area contributed by atoms with E-state index in [1.165, 1.54) is 4.68 Å². The number of fused-ring (bicyclic) bond motifs is 2. The molecule has 7 nitrogen and oxygen atoms in total. The second-order valence-corrected chi connectivity index (χ2v) is 7.04. The number of allylic oxidation sites excluding steroid dienone is 2. The molecular formula is C19H22N4O3. The van der Waals surface area contributed by atoms with Crippen LogP contribution >= 0.6 is 0 Å². The fourth-order valence-corrected chi connectivity index (χ4v) is 3.97. The van der Waals surface area contributed by atoms with Crippen molar-refractivity contribution in [3.63, 3.8) is 0 Å². The minimum absolute atomic E-state index is 0.101. The zero-order chi connectivity index (χ0) is 18.1. The highest BCUT2D eigenvalue weighted by molar-refractivity contribution is 5.80. The van der Waals surface area contributed by atoms with Crippen LogP contribution in [0.2, 0.25) is 0 Å². The highest BCUT2D eigenvalue weighted by Gasteiger charge is 2.34. The van der Waals surface area contributed by atoms with Crippen molar-refractivity contribution in [1.29, 1.82) is 0 Å². The molecule has 2 amide bonds. The van der Waals surface area contributed by atoms with Crippen molar-refractivity contribution in [3.05, 3.63) is 57.1 Å². The van der Waals surface area contributed by atoms with E-state index in [4.69, 9.17) is 0 Å². The van der Waals surface area contributed by atoms with Gasteiger partial charge < -0.3 is 10.2 Å². The number of amides is 2. The molecule has 4 rings (SSSR count). The van der Waals surface area contributed by atoms with Crippen molar-refractivity contribution in [2.75, 3.05) is 19.6 Å². The number of hydrogen-bond acceptors (Lipinski definition) is 3. The summed E-state index contributed by atoms with van der Waals surface area (Å²) in [6.45, 7) is 2.09. The second kappa shape index (κ2) is 6.82. The van der Waals surface area contributed by atoms with Crippen molar-refractivity contribution in [2.24, 2.45) is 11.8 Å². The topological polar surface area (TPSA) is 87.2 Å². The molecule has 0 radical (unpaired) electrons. The van der Waals surface area contributed by atoms with Gasteiger partial charge in [-0.1, -0.05) is 24.3 Å². The van der Waals surface area contributed by atoms with Crippen LogP contribution < -0.4 is 16.4 Å². The molecule has 1 aromatic carbocycles. The predicted molar refractivity (Wildman–Crippen MR) is 99.2 cm³/mol. The lowest BCUT2D eigenvalue weighted by atomic mass is 9.86. The fourth-order valence-electron chi connectivity index (χ4n) is 3.97. The largest absolute Gasteiger partial charge is 0.336 e. The van der Waals surface area contributed by atoms with Gasteiger partial charge in [-0.25, -0.2) is 9.48 Å². The standard InChI is InChI=1S/C19H22N4O3/c24-17-15-7-3-4-8-16(15)18(25)23(21-17)10-9-20-19(26)22-11-13-5-1-2-6-14(13)12-22/h1-4,7-8,13-14H,5-6,9-12H2,(H,20,26)(H,21,24)/t13-,14+. The Balaban J connectivity index is 1.39. The molecule has 2 aliphatic rings. The molecule has 7 heteroatoms. The maximum atomic E-state index is 12.4. The monoisotopic (exact) mass is 354 g/mol. The van der Waals surface area contributed by atoms with E-state index in [0.717, 1.165) is 25.9 Å².